The summed E-state index contributed by atoms with van der Waals surface area (Å²) in [6.07, 6.45) is 8.32. The van der Waals surface area contributed by atoms with Crippen molar-refractivity contribution >= 4 is 22.9 Å². The Labute approximate surface area is 199 Å². The molecule has 1 unspecified atom stereocenters. The molecule has 0 saturated heterocycles. The van der Waals surface area contributed by atoms with Crippen molar-refractivity contribution in [3.63, 3.8) is 0 Å². The Morgan fingerprint density at radius 1 is 1.09 bits per heavy atom. The van der Waals surface area contributed by atoms with E-state index in [9.17, 15) is 4.79 Å². The monoisotopic (exact) mass is 451 g/mol. The molecule has 4 aromatic rings. The second-order valence-corrected chi connectivity index (χ2v) is 8.89. The van der Waals surface area contributed by atoms with E-state index in [2.05, 4.69) is 88.9 Å². The Morgan fingerprint density at radius 2 is 1.91 bits per heavy atom. The number of H-pyrrole nitrogens is 1. The Kier molecular flexibility index (Phi) is 6.56. The predicted octanol–water partition coefficient (Wildman–Crippen LogP) is 5.42. The van der Waals surface area contributed by atoms with Crippen LogP contribution in [-0.4, -0.2) is 27.5 Å². The third kappa shape index (κ3) is 4.81. The maximum Gasteiger partial charge on any atom is 0.267 e. The summed E-state index contributed by atoms with van der Waals surface area (Å²) in [7, 11) is 0. The highest BCUT2D eigenvalue weighted by Crippen LogP contribution is 2.37. The standard InChI is InChI=1S/C29H29N3O2/c33-29(31-34)15-11-21-10-13-26-23(18-21)12-14-28(26)32(20-22-6-2-1-3-7-22)17-16-24-19-30-27-9-5-4-8-25(24)27/h1-11,13,15,18-19,28,30,34H,12,14,16-17,20H2,(H,31,33)/b15-11+. The highest BCUT2D eigenvalue weighted by atomic mass is 16.5. The molecule has 1 aromatic heterocycles. The fourth-order valence-corrected chi connectivity index (χ4v) is 5.07. The summed E-state index contributed by atoms with van der Waals surface area (Å²) in [5.41, 5.74) is 9.18. The van der Waals surface area contributed by atoms with E-state index >= 15 is 0 Å². The lowest BCUT2D eigenvalue weighted by Crippen LogP contribution is -2.29. The van der Waals surface area contributed by atoms with Crippen molar-refractivity contribution in [2.75, 3.05) is 6.54 Å². The lowest BCUT2D eigenvalue weighted by Gasteiger charge is -2.30. The van der Waals surface area contributed by atoms with Gasteiger partial charge in [0.15, 0.2) is 0 Å². The number of aryl methyl sites for hydroxylation is 1. The van der Waals surface area contributed by atoms with Crippen molar-refractivity contribution in [3.05, 3.63) is 113 Å². The molecule has 1 heterocycles. The summed E-state index contributed by atoms with van der Waals surface area (Å²) >= 11 is 0. The predicted molar refractivity (Wildman–Crippen MR) is 135 cm³/mol. The summed E-state index contributed by atoms with van der Waals surface area (Å²) < 4.78 is 0. The van der Waals surface area contributed by atoms with Crippen molar-refractivity contribution in [1.29, 1.82) is 0 Å². The molecule has 0 spiro atoms. The number of aromatic nitrogens is 1. The summed E-state index contributed by atoms with van der Waals surface area (Å²) in [4.78, 5) is 17.3. The topological polar surface area (TPSA) is 68.4 Å². The molecule has 0 bridgehead atoms. The number of para-hydroxylation sites is 1. The molecule has 1 aliphatic carbocycles. The molecule has 0 saturated carbocycles. The molecule has 5 nitrogen and oxygen atoms in total. The number of hydrogen-bond donors (Lipinski definition) is 3. The molecule has 3 N–H and O–H groups in total. The van der Waals surface area contributed by atoms with Gasteiger partial charge in [0.05, 0.1) is 0 Å². The fourth-order valence-electron chi connectivity index (χ4n) is 5.07. The van der Waals surface area contributed by atoms with Crippen LogP contribution in [0.2, 0.25) is 0 Å². The zero-order chi connectivity index (χ0) is 23.3. The Morgan fingerprint density at radius 3 is 2.76 bits per heavy atom. The first-order chi connectivity index (χ1) is 16.7. The molecule has 172 valence electrons. The number of hydrogen-bond acceptors (Lipinski definition) is 3. The smallest absolute Gasteiger partial charge is 0.267 e. The molecule has 1 aliphatic rings. The Bertz CT molecular complexity index is 1310. The number of carbonyl (C=O) groups is 1. The van der Waals surface area contributed by atoms with Gasteiger partial charge >= 0.3 is 0 Å². The molecule has 5 rings (SSSR count). The summed E-state index contributed by atoms with van der Waals surface area (Å²) in [6, 6.07) is 26.0. The summed E-state index contributed by atoms with van der Waals surface area (Å²) in [5.74, 6) is -0.523. The normalized spacial score (nSPS) is 15.3. The molecule has 34 heavy (non-hydrogen) atoms. The van der Waals surface area contributed by atoms with Crippen LogP contribution in [0.1, 0.15) is 40.3 Å². The minimum absolute atomic E-state index is 0.360. The van der Waals surface area contributed by atoms with Crippen molar-refractivity contribution in [1.82, 2.24) is 15.4 Å². The van der Waals surface area contributed by atoms with Crippen LogP contribution >= 0.6 is 0 Å². The second-order valence-electron chi connectivity index (χ2n) is 8.89. The lowest BCUT2D eigenvalue weighted by atomic mass is 10.0. The van der Waals surface area contributed by atoms with Crippen molar-refractivity contribution in [3.8, 4) is 0 Å². The van der Waals surface area contributed by atoms with E-state index in [0.29, 0.717) is 6.04 Å². The van der Waals surface area contributed by atoms with Crippen LogP contribution in [0.4, 0.5) is 0 Å². The molecule has 0 fully saturated rings. The molecule has 5 heteroatoms. The quantitative estimate of drug-likeness (QED) is 0.190. The number of nitrogens with zero attached hydrogens (tertiary/aromatic N) is 1. The molecule has 3 aromatic carbocycles. The van der Waals surface area contributed by atoms with Gasteiger partial charge in [-0.05, 0) is 59.2 Å². The van der Waals surface area contributed by atoms with Crippen LogP contribution in [0.15, 0.2) is 85.1 Å². The maximum atomic E-state index is 11.3. The third-order valence-electron chi connectivity index (χ3n) is 6.76. The highest BCUT2D eigenvalue weighted by Gasteiger charge is 2.28. The summed E-state index contributed by atoms with van der Waals surface area (Å²) in [6.45, 7) is 1.88. The first-order valence-electron chi connectivity index (χ1n) is 11.8. The van der Waals surface area contributed by atoms with E-state index in [-0.39, 0.29) is 0 Å². The molecule has 1 atom stereocenters. The van der Waals surface area contributed by atoms with Crippen LogP contribution in [-0.2, 0) is 24.2 Å². The van der Waals surface area contributed by atoms with E-state index < -0.39 is 5.91 Å². The van der Waals surface area contributed by atoms with Gasteiger partial charge in [-0.3, -0.25) is 14.9 Å². The first-order valence-corrected chi connectivity index (χ1v) is 11.8. The van der Waals surface area contributed by atoms with Gasteiger partial charge in [0.2, 0.25) is 0 Å². The van der Waals surface area contributed by atoms with Gasteiger partial charge in [-0.25, -0.2) is 5.48 Å². The number of benzene rings is 3. The number of carbonyl (C=O) groups excluding carboxylic acids is 1. The number of hydroxylamine groups is 1. The largest absolute Gasteiger partial charge is 0.361 e. The molecule has 0 radical (unpaired) electrons. The number of amides is 1. The molecular weight excluding hydrogens is 422 g/mol. The lowest BCUT2D eigenvalue weighted by molar-refractivity contribution is -0.124. The second kappa shape index (κ2) is 10.1. The SMILES string of the molecule is O=C(/C=C/c1ccc2c(c1)CCC2N(CCc1c[nH]c2ccccc12)Cc1ccccc1)NO. The Balaban J connectivity index is 1.38. The molecule has 1 amide bonds. The van der Waals surface area contributed by atoms with Crippen molar-refractivity contribution < 1.29 is 10.0 Å². The Hall–Kier alpha value is -3.67. The van der Waals surface area contributed by atoms with Gasteiger partial charge in [-0.15, -0.1) is 0 Å². The van der Waals surface area contributed by atoms with Crippen molar-refractivity contribution in [2.45, 2.75) is 31.8 Å². The zero-order valence-electron chi connectivity index (χ0n) is 19.1. The van der Waals surface area contributed by atoms with Gasteiger partial charge in [0, 0.05) is 42.3 Å². The average Bonchev–Trinajstić information content (AvgIpc) is 3.49. The number of fused-ring (bicyclic) bond motifs is 2. The van der Waals surface area contributed by atoms with Crippen LogP contribution in [0.3, 0.4) is 0 Å². The van der Waals surface area contributed by atoms with Gasteiger partial charge in [0.1, 0.15) is 0 Å². The third-order valence-corrected chi connectivity index (χ3v) is 6.76. The maximum absolute atomic E-state index is 11.3. The molecule has 0 aliphatic heterocycles. The minimum atomic E-state index is -0.523. The van der Waals surface area contributed by atoms with Gasteiger partial charge in [-0.2, -0.15) is 0 Å². The number of aromatic amines is 1. The molecular formula is C29H29N3O2. The number of rotatable bonds is 8. The van der Waals surface area contributed by atoms with Crippen LogP contribution in [0, 0.1) is 0 Å². The summed E-state index contributed by atoms with van der Waals surface area (Å²) in [5, 5.41) is 10.0. The fraction of sp³-hybridized carbons (Fsp3) is 0.207. The number of nitrogens with one attached hydrogen (secondary N) is 2. The van der Waals surface area contributed by atoms with E-state index in [0.717, 1.165) is 37.9 Å². The van der Waals surface area contributed by atoms with Crippen LogP contribution < -0.4 is 5.48 Å². The van der Waals surface area contributed by atoms with Crippen molar-refractivity contribution in [2.24, 2.45) is 0 Å². The van der Waals surface area contributed by atoms with Gasteiger partial charge in [0.25, 0.3) is 5.91 Å². The average molecular weight is 452 g/mol. The van der Waals surface area contributed by atoms with Crippen LogP contribution in [0.25, 0.3) is 17.0 Å². The van der Waals surface area contributed by atoms with Crippen LogP contribution in [0.5, 0.6) is 0 Å². The highest BCUT2D eigenvalue weighted by molar-refractivity contribution is 5.90. The van der Waals surface area contributed by atoms with E-state index in [1.165, 1.54) is 39.2 Å². The minimum Gasteiger partial charge on any atom is -0.361 e. The van der Waals surface area contributed by atoms with Gasteiger partial charge in [-0.1, -0.05) is 66.7 Å². The van der Waals surface area contributed by atoms with E-state index in [1.807, 2.05) is 0 Å². The van der Waals surface area contributed by atoms with Gasteiger partial charge < -0.3 is 4.98 Å². The van der Waals surface area contributed by atoms with E-state index in [1.54, 1.807) is 11.6 Å². The van der Waals surface area contributed by atoms with E-state index in [4.69, 9.17) is 5.21 Å². The zero-order valence-corrected chi connectivity index (χ0v) is 19.1. The first kappa shape index (κ1) is 22.1.